The summed E-state index contributed by atoms with van der Waals surface area (Å²) >= 11 is 0. The van der Waals surface area contributed by atoms with Crippen molar-refractivity contribution in [1.29, 1.82) is 0 Å². The van der Waals surface area contributed by atoms with Gasteiger partial charge in [-0.05, 0) is 38.3 Å². The second kappa shape index (κ2) is 7.12. The third-order valence-electron chi connectivity index (χ3n) is 4.24. The highest BCUT2D eigenvalue weighted by Crippen LogP contribution is 2.29. The quantitative estimate of drug-likeness (QED) is 0.779. The molecular weight excluding hydrogens is 304 g/mol. The van der Waals surface area contributed by atoms with E-state index in [1.165, 1.54) is 0 Å². The third kappa shape index (κ3) is 4.10. The zero-order valence-electron chi connectivity index (χ0n) is 13.5. The Bertz CT molecular complexity index is 547. The van der Waals surface area contributed by atoms with Crippen LogP contribution in [0.4, 0.5) is 25.0 Å². The summed E-state index contributed by atoms with van der Waals surface area (Å²) in [6.07, 6.45) is 2.35. The summed E-state index contributed by atoms with van der Waals surface area (Å²) in [4.78, 5) is 13.6. The van der Waals surface area contributed by atoms with E-state index in [9.17, 15) is 18.7 Å². The molecule has 2 amide bonds. The molecule has 1 saturated heterocycles. The second-order valence-corrected chi connectivity index (χ2v) is 6.13. The Morgan fingerprint density at radius 1 is 1.30 bits per heavy atom. The molecule has 1 aliphatic heterocycles. The van der Waals surface area contributed by atoms with Gasteiger partial charge in [-0.15, -0.1) is 0 Å². The van der Waals surface area contributed by atoms with E-state index >= 15 is 0 Å². The Hall–Kier alpha value is -1.89. The Morgan fingerprint density at radius 2 is 1.87 bits per heavy atom. The number of hydrogen-bond acceptors (Lipinski definition) is 3. The van der Waals surface area contributed by atoms with Gasteiger partial charge in [0, 0.05) is 18.8 Å². The van der Waals surface area contributed by atoms with Crippen molar-refractivity contribution in [3.63, 3.8) is 0 Å². The molecule has 5 nitrogen and oxygen atoms in total. The zero-order valence-corrected chi connectivity index (χ0v) is 13.5. The van der Waals surface area contributed by atoms with Gasteiger partial charge in [0.1, 0.15) is 5.69 Å². The minimum Gasteiger partial charge on any atom is -0.394 e. The number of nitrogens with one attached hydrogen (secondary N) is 2. The number of nitrogens with zero attached hydrogens (tertiary/aromatic N) is 1. The van der Waals surface area contributed by atoms with E-state index < -0.39 is 23.2 Å². The van der Waals surface area contributed by atoms with E-state index in [1.54, 1.807) is 11.8 Å². The molecule has 1 aromatic carbocycles. The number of carbonyl (C=O) groups excluding carboxylic acids is 1. The van der Waals surface area contributed by atoms with Gasteiger partial charge in [0.2, 0.25) is 0 Å². The monoisotopic (exact) mass is 327 g/mol. The van der Waals surface area contributed by atoms with Crippen molar-refractivity contribution in [3.8, 4) is 0 Å². The molecule has 1 fully saturated rings. The molecule has 2 rings (SSSR count). The lowest BCUT2D eigenvalue weighted by Crippen LogP contribution is -2.50. The summed E-state index contributed by atoms with van der Waals surface area (Å²) in [6.45, 7) is 4.54. The topological polar surface area (TPSA) is 64.6 Å². The van der Waals surface area contributed by atoms with Gasteiger partial charge in [0.25, 0.3) is 0 Å². The van der Waals surface area contributed by atoms with E-state index in [0.717, 1.165) is 25.0 Å². The molecule has 1 unspecified atom stereocenters. The smallest absolute Gasteiger partial charge is 0.319 e. The maximum atomic E-state index is 14.2. The summed E-state index contributed by atoms with van der Waals surface area (Å²) < 4.78 is 28.4. The Kier molecular flexibility index (Phi) is 5.41. The summed E-state index contributed by atoms with van der Waals surface area (Å²) in [5.41, 5.74) is -0.782. The van der Waals surface area contributed by atoms with Gasteiger partial charge in [0.05, 0.1) is 12.1 Å². The number of hydrogen-bond donors (Lipinski definition) is 3. The molecule has 0 spiro atoms. The van der Waals surface area contributed by atoms with Crippen LogP contribution in [0, 0.1) is 11.6 Å². The van der Waals surface area contributed by atoms with Crippen LogP contribution >= 0.6 is 0 Å². The molecule has 3 N–H and O–H groups in total. The Balaban J connectivity index is 2.10. The van der Waals surface area contributed by atoms with Gasteiger partial charge in [0.15, 0.2) is 11.6 Å². The van der Waals surface area contributed by atoms with Gasteiger partial charge in [-0.25, -0.2) is 13.6 Å². The normalized spacial score (nSPS) is 17.0. The van der Waals surface area contributed by atoms with E-state index in [-0.39, 0.29) is 18.0 Å². The zero-order chi connectivity index (χ0) is 17.0. The standard InChI is InChI=1S/C16H23F2N3O2/c1-3-16(2,10-22)20-15(23)19-11-8-12(17)14(13(18)9-11)21-6-4-5-7-21/h8-9,22H,3-7,10H2,1-2H3,(H2,19,20,23). The maximum Gasteiger partial charge on any atom is 0.319 e. The van der Waals surface area contributed by atoms with Crippen LogP contribution in [0.15, 0.2) is 12.1 Å². The summed E-state index contributed by atoms with van der Waals surface area (Å²) in [5, 5.41) is 14.3. The highest BCUT2D eigenvalue weighted by molar-refractivity contribution is 5.90. The van der Waals surface area contributed by atoms with Gasteiger partial charge < -0.3 is 20.6 Å². The van der Waals surface area contributed by atoms with Gasteiger partial charge in [-0.3, -0.25) is 0 Å². The number of aliphatic hydroxyl groups excluding tert-OH is 1. The largest absolute Gasteiger partial charge is 0.394 e. The summed E-state index contributed by atoms with van der Waals surface area (Å²) in [5.74, 6) is -1.38. The summed E-state index contributed by atoms with van der Waals surface area (Å²) in [7, 11) is 0. The predicted molar refractivity (Wildman–Crippen MR) is 85.7 cm³/mol. The molecule has 0 aliphatic carbocycles. The van der Waals surface area contributed by atoms with E-state index in [1.807, 2.05) is 6.92 Å². The first kappa shape index (κ1) is 17.5. The number of rotatable bonds is 5. The fourth-order valence-electron chi connectivity index (χ4n) is 2.56. The van der Waals surface area contributed by atoms with Crippen molar-refractivity contribution in [1.82, 2.24) is 5.32 Å². The first-order valence-corrected chi connectivity index (χ1v) is 7.82. The second-order valence-electron chi connectivity index (χ2n) is 6.13. The number of halogens is 2. The molecule has 7 heteroatoms. The van der Waals surface area contributed by atoms with Crippen LogP contribution in [0.3, 0.4) is 0 Å². The number of anilines is 2. The molecule has 0 saturated carbocycles. The van der Waals surface area contributed by atoms with Crippen LogP contribution < -0.4 is 15.5 Å². The number of aliphatic hydroxyl groups is 1. The van der Waals surface area contributed by atoms with Gasteiger partial charge in [-0.2, -0.15) is 0 Å². The van der Waals surface area contributed by atoms with Crippen molar-refractivity contribution in [3.05, 3.63) is 23.8 Å². The maximum absolute atomic E-state index is 14.2. The van der Waals surface area contributed by atoms with Crippen LogP contribution in [0.5, 0.6) is 0 Å². The van der Waals surface area contributed by atoms with Crippen molar-refractivity contribution >= 4 is 17.4 Å². The summed E-state index contributed by atoms with van der Waals surface area (Å²) in [6, 6.07) is 1.60. The van der Waals surface area contributed by atoms with Gasteiger partial charge in [-0.1, -0.05) is 6.92 Å². The van der Waals surface area contributed by atoms with Crippen molar-refractivity contribution in [2.24, 2.45) is 0 Å². The van der Waals surface area contributed by atoms with Crippen molar-refractivity contribution in [2.75, 3.05) is 29.9 Å². The SMILES string of the molecule is CCC(C)(CO)NC(=O)Nc1cc(F)c(N2CCCC2)c(F)c1. The molecule has 1 heterocycles. The molecule has 0 bridgehead atoms. The van der Waals surface area contributed by atoms with Crippen LogP contribution in [0.2, 0.25) is 0 Å². The first-order chi connectivity index (χ1) is 10.9. The molecule has 1 aliphatic rings. The lowest BCUT2D eigenvalue weighted by Gasteiger charge is -2.27. The highest BCUT2D eigenvalue weighted by atomic mass is 19.1. The highest BCUT2D eigenvalue weighted by Gasteiger charge is 2.24. The molecular formula is C16H23F2N3O2. The van der Waals surface area contributed by atoms with E-state index in [2.05, 4.69) is 10.6 Å². The van der Waals surface area contributed by atoms with Crippen molar-refractivity contribution < 1.29 is 18.7 Å². The van der Waals surface area contributed by atoms with E-state index in [4.69, 9.17) is 0 Å². The van der Waals surface area contributed by atoms with E-state index in [0.29, 0.717) is 19.5 Å². The average Bonchev–Trinajstić information content (AvgIpc) is 3.00. The first-order valence-electron chi connectivity index (χ1n) is 7.82. The Labute approximate surface area is 134 Å². The lowest BCUT2D eigenvalue weighted by atomic mass is 10.0. The predicted octanol–water partition coefficient (Wildman–Crippen LogP) is 2.85. The molecule has 0 aromatic heterocycles. The van der Waals surface area contributed by atoms with Gasteiger partial charge >= 0.3 is 6.03 Å². The number of amides is 2. The molecule has 0 radical (unpaired) electrons. The minimum atomic E-state index is -0.781. The fourth-order valence-corrected chi connectivity index (χ4v) is 2.56. The minimum absolute atomic E-state index is 0.0387. The van der Waals surface area contributed by atoms with Crippen molar-refractivity contribution in [2.45, 2.75) is 38.6 Å². The average molecular weight is 327 g/mol. The molecule has 128 valence electrons. The van der Waals surface area contributed by atoms with Crippen LogP contribution in [-0.4, -0.2) is 36.4 Å². The number of benzene rings is 1. The third-order valence-corrected chi connectivity index (χ3v) is 4.24. The number of urea groups is 1. The number of carbonyl (C=O) groups is 1. The Morgan fingerprint density at radius 3 is 2.35 bits per heavy atom. The molecule has 1 aromatic rings. The molecule has 1 atom stereocenters. The van der Waals surface area contributed by atoms with Crippen LogP contribution in [0.25, 0.3) is 0 Å². The lowest BCUT2D eigenvalue weighted by molar-refractivity contribution is 0.172. The molecule has 23 heavy (non-hydrogen) atoms. The fraction of sp³-hybridized carbons (Fsp3) is 0.562. The van der Waals surface area contributed by atoms with Crippen LogP contribution in [-0.2, 0) is 0 Å². The van der Waals surface area contributed by atoms with Crippen LogP contribution in [0.1, 0.15) is 33.1 Å².